The fourth-order valence-electron chi connectivity index (χ4n) is 1.68. The van der Waals surface area contributed by atoms with Crippen LogP contribution in [0.3, 0.4) is 0 Å². The zero-order valence-corrected chi connectivity index (χ0v) is 13.4. The van der Waals surface area contributed by atoms with Gasteiger partial charge in [-0.05, 0) is 50.5 Å². The second-order valence-electron chi connectivity index (χ2n) is 5.40. The zero-order chi connectivity index (χ0) is 16.4. The first kappa shape index (κ1) is 17.6. The van der Waals surface area contributed by atoms with Crippen molar-refractivity contribution in [2.75, 3.05) is 6.54 Å². The minimum Gasteiger partial charge on any atom is -0.478 e. The summed E-state index contributed by atoms with van der Waals surface area (Å²) in [5, 5.41) is 18.9. The van der Waals surface area contributed by atoms with Crippen LogP contribution >= 0.6 is 0 Å². The fourth-order valence-corrected chi connectivity index (χ4v) is 3.19. The Kier molecular flexibility index (Phi) is 5.14. The molecule has 6 nitrogen and oxygen atoms in total. The minimum absolute atomic E-state index is 0.0770. The second kappa shape index (κ2) is 6.13. The average molecular weight is 315 g/mol. The SMILES string of the molecule is CCC(C)(O)CNS(=O)(=O)c1cc(C(=O)O)cc(C)c1C. The smallest absolute Gasteiger partial charge is 0.335 e. The number of carboxylic acids is 1. The monoisotopic (exact) mass is 315 g/mol. The summed E-state index contributed by atoms with van der Waals surface area (Å²) in [5.41, 5.74) is -0.164. The van der Waals surface area contributed by atoms with Gasteiger partial charge in [-0.2, -0.15) is 0 Å². The molecule has 0 fully saturated rings. The van der Waals surface area contributed by atoms with E-state index >= 15 is 0 Å². The van der Waals surface area contributed by atoms with E-state index in [1.807, 2.05) is 0 Å². The molecule has 0 saturated carbocycles. The Labute approximate surface area is 124 Å². The highest BCUT2D eigenvalue weighted by Crippen LogP contribution is 2.21. The molecule has 7 heteroatoms. The van der Waals surface area contributed by atoms with Gasteiger partial charge in [0.1, 0.15) is 0 Å². The lowest BCUT2D eigenvalue weighted by Crippen LogP contribution is -2.40. The van der Waals surface area contributed by atoms with Crippen LogP contribution in [0, 0.1) is 13.8 Å². The first-order valence-corrected chi connectivity index (χ1v) is 8.05. The van der Waals surface area contributed by atoms with Gasteiger partial charge in [0.05, 0.1) is 16.1 Å². The summed E-state index contributed by atoms with van der Waals surface area (Å²) >= 11 is 0. The normalized spacial score (nSPS) is 14.7. The molecule has 0 aliphatic carbocycles. The van der Waals surface area contributed by atoms with Crippen molar-refractivity contribution in [2.45, 2.75) is 44.6 Å². The molecule has 0 amide bonds. The van der Waals surface area contributed by atoms with Crippen molar-refractivity contribution in [3.8, 4) is 0 Å². The molecule has 21 heavy (non-hydrogen) atoms. The third-order valence-corrected chi connectivity index (χ3v) is 5.09. The molecular weight excluding hydrogens is 294 g/mol. The van der Waals surface area contributed by atoms with Crippen LogP contribution in [0.2, 0.25) is 0 Å². The lowest BCUT2D eigenvalue weighted by atomic mass is 10.1. The van der Waals surface area contributed by atoms with Crippen LogP contribution in [0.15, 0.2) is 17.0 Å². The summed E-state index contributed by atoms with van der Waals surface area (Å²) in [5.74, 6) is -1.19. The van der Waals surface area contributed by atoms with E-state index in [0.717, 1.165) is 6.07 Å². The Bertz CT molecular complexity index is 650. The molecule has 1 rings (SSSR count). The maximum atomic E-state index is 12.3. The summed E-state index contributed by atoms with van der Waals surface area (Å²) < 4.78 is 27.0. The molecule has 0 radical (unpaired) electrons. The number of benzene rings is 1. The Morgan fingerprint density at radius 2 is 1.90 bits per heavy atom. The van der Waals surface area contributed by atoms with Crippen LogP contribution in [0.1, 0.15) is 41.8 Å². The summed E-state index contributed by atoms with van der Waals surface area (Å²) in [7, 11) is -3.89. The number of hydrogen-bond donors (Lipinski definition) is 3. The van der Waals surface area contributed by atoms with Gasteiger partial charge in [0.2, 0.25) is 10.0 Å². The first-order valence-electron chi connectivity index (χ1n) is 6.57. The summed E-state index contributed by atoms with van der Waals surface area (Å²) in [6.07, 6.45) is 0.392. The molecule has 0 aliphatic heterocycles. The molecule has 1 unspecified atom stereocenters. The number of aryl methyl sites for hydroxylation is 1. The molecule has 0 aliphatic rings. The largest absolute Gasteiger partial charge is 0.478 e. The van der Waals surface area contributed by atoms with Gasteiger partial charge in [-0.25, -0.2) is 17.9 Å². The van der Waals surface area contributed by atoms with Gasteiger partial charge < -0.3 is 10.2 Å². The highest BCUT2D eigenvalue weighted by atomic mass is 32.2. The predicted molar refractivity (Wildman–Crippen MR) is 79.0 cm³/mol. The van der Waals surface area contributed by atoms with Crippen molar-refractivity contribution in [1.29, 1.82) is 0 Å². The van der Waals surface area contributed by atoms with E-state index in [-0.39, 0.29) is 17.0 Å². The number of rotatable bonds is 6. The van der Waals surface area contributed by atoms with Crippen LogP contribution in [-0.2, 0) is 10.0 Å². The fraction of sp³-hybridized carbons (Fsp3) is 0.500. The number of aromatic carboxylic acids is 1. The van der Waals surface area contributed by atoms with E-state index in [2.05, 4.69) is 4.72 Å². The molecule has 118 valence electrons. The Hall–Kier alpha value is -1.44. The molecule has 3 N–H and O–H groups in total. The van der Waals surface area contributed by atoms with Crippen molar-refractivity contribution in [1.82, 2.24) is 4.72 Å². The highest BCUT2D eigenvalue weighted by molar-refractivity contribution is 7.89. The van der Waals surface area contributed by atoms with Crippen LogP contribution in [0.25, 0.3) is 0 Å². The van der Waals surface area contributed by atoms with E-state index in [1.165, 1.54) is 13.0 Å². The molecular formula is C14H21NO5S. The standard InChI is InChI=1S/C14H21NO5S/c1-5-14(4,18)8-15-21(19,20)12-7-11(13(16)17)6-9(2)10(12)3/h6-7,15,18H,5,8H2,1-4H3,(H,16,17). The number of hydrogen-bond acceptors (Lipinski definition) is 4. The van der Waals surface area contributed by atoms with Gasteiger partial charge in [-0.15, -0.1) is 0 Å². The van der Waals surface area contributed by atoms with Crippen molar-refractivity contribution >= 4 is 16.0 Å². The summed E-state index contributed by atoms with van der Waals surface area (Å²) in [6, 6.07) is 2.56. The van der Waals surface area contributed by atoms with E-state index in [4.69, 9.17) is 5.11 Å². The molecule has 1 aromatic rings. The van der Waals surface area contributed by atoms with Gasteiger partial charge in [0.25, 0.3) is 0 Å². The molecule has 0 aromatic heterocycles. The van der Waals surface area contributed by atoms with Crippen molar-refractivity contribution in [2.24, 2.45) is 0 Å². The Morgan fingerprint density at radius 1 is 1.33 bits per heavy atom. The van der Waals surface area contributed by atoms with Gasteiger partial charge in [-0.1, -0.05) is 6.92 Å². The maximum Gasteiger partial charge on any atom is 0.335 e. The lowest BCUT2D eigenvalue weighted by molar-refractivity contribution is 0.0613. The number of carboxylic acid groups (broad SMARTS) is 1. The van der Waals surface area contributed by atoms with Gasteiger partial charge in [0, 0.05) is 6.54 Å². The lowest BCUT2D eigenvalue weighted by Gasteiger charge is -2.22. The molecule has 1 aromatic carbocycles. The van der Waals surface area contributed by atoms with E-state index < -0.39 is 21.6 Å². The summed E-state index contributed by atoms with van der Waals surface area (Å²) in [6.45, 7) is 6.41. The van der Waals surface area contributed by atoms with Crippen LogP contribution in [0.4, 0.5) is 0 Å². The molecule has 0 spiro atoms. The van der Waals surface area contributed by atoms with Crippen LogP contribution < -0.4 is 4.72 Å². The van der Waals surface area contributed by atoms with E-state index in [0.29, 0.717) is 17.5 Å². The number of aliphatic hydroxyl groups is 1. The average Bonchev–Trinajstić information content (AvgIpc) is 2.39. The van der Waals surface area contributed by atoms with E-state index in [9.17, 15) is 18.3 Å². The number of carbonyl (C=O) groups is 1. The number of nitrogens with one attached hydrogen (secondary N) is 1. The quantitative estimate of drug-likeness (QED) is 0.737. The molecule has 1 atom stereocenters. The zero-order valence-electron chi connectivity index (χ0n) is 12.6. The van der Waals surface area contributed by atoms with Crippen molar-refractivity contribution in [3.63, 3.8) is 0 Å². The van der Waals surface area contributed by atoms with Crippen molar-refractivity contribution in [3.05, 3.63) is 28.8 Å². The molecule has 0 bridgehead atoms. The summed E-state index contributed by atoms with van der Waals surface area (Å²) in [4.78, 5) is 11.0. The third kappa shape index (κ3) is 4.26. The molecule has 0 saturated heterocycles. The second-order valence-corrected chi connectivity index (χ2v) is 7.13. The van der Waals surface area contributed by atoms with Gasteiger partial charge in [-0.3, -0.25) is 0 Å². The van der Waals surface area contributed by atoms with E-state index in [1.54, 1.807) is 20.8 Å². The van der Waals surface area contributed by atoms with Crippen molar-refractivity contribution < 1.29 is 23.4 Å². The first-order chi connectivity index (χ1) is 9.50. The van der Waals surface area contributed by atoms with Gasteiger partial charge in [0.15, 0.2) is 0 Å². The Morgan fingerprint density at radius 3 is 2.38 bits per heavy atom. The minimum atomic E-state index is -3.89. The highest BCUT2D eigenvalue weighted by Gasteiger charge is 2.25. The van der Waals surface area contributed by atoms with Gasteiger partial charge >= 0.3 is 5.97 Å². The van der Waals surface area contributed by atoms with Crippen LogP contribution in [-0.4, -0.2) is 36.7 Å². The van der Waals surface area contributed by atoms with Crippen LogP contribution in [0.5, 0.6) is 0 Å². The number of sulfonamides is 1. The maximum absolute atomic E-state index is 12.3. The predicted octanol–water partition coefficient (Wildman–Crippen LogP) is 1.44. The topological polar surface area (TPSA) is 104 Å². The molecule has 0 heterocycles. The Balaban J connectivity index is 3.22. The third-order valence-electron chi connectivity index (χ3n) is 3.56.